The fourth-order valence-corrected chi connectivity index (χ4v) is 9.34. The first-order chi connectivity index (χ1) is 34.2. The van der Waals surface area contributed by atoms with E-state index in [1.165, 1.54) is 154 Å². The number of unbranched alkanes of at least 4 members (excludes halogenated alkanes) is 16. The molecule has 0 heterocycles. The van der Waals surface area contributed by atoms with Gasteiger partial charge in [0, 0.05) is 16.8 Å². The Hall–Kier alpha value is -5.50. The number of rotatable bonds is 34. The van der Waals surface area contributed by atoms with Crippen molar-refractivity contribution in [2.75, 3.05) is 18.5 Å². The minimum Gasteiger partial charge on any atom is -0.506 e. The first-order valence-electron chi connectivity index (χ1n) is 27.3. The molecule has 2 unspecified atom stereocenters. The number of carbonyl (C=O) groups is 3. The lowest BCUT2D eigenvalue weighted by Crippen LogP contribution is -2.23. The van der Waals surface area contributed by atoms with E-state index in [0.29, 0.717) is 58.7 Å². The van der Waals surface area contributed by atoms with Gasteiger partial charge in [-0.3, -0.25) is 14.4 Å². The summed E-state index contributed by atoms with van der Waals surface area (Å²) < 4.78 is 12.5. The lowest BCUT2D eigenvalue weighted by atomic mass is 9.80. The molecule has 5 rings (SSSR count). The van der Waals surface area contributed by atoms with Crippen LogP contribution in [0.1, 0.15) is 208 Å². The Kier molecular flexibility index (Phi) is 25.1. The number of ether oxygens (including phenoxy) is 2. The lowest BCUT2D eigenvalue weighted by Gasteiger charge is -2.23. The van der Waals surface area contributed by atoms with Crippen LogP contribution in [0.2, 0.25) is 0 Å². The summed E-state index contributed by atoms with van der Waals surface area (Å²) >= 11 is 0. The molecule has 0 fully saturated rings. The monoisotopic (exact) mass is 953 g/mol. The number of benzene rings is 3. The van der Waals surface area contributed by atoms with Gasteiger partial charge in [-0.2, -0.15) is 0 Å². The highest BCUT2D eigenvalue weighted by Crippen LogP contribution is 2.39. The van der Waals surface area contributed by atoms with Gasteiger partial charge < -0.3 is 19.9 Å². The third kappa shape index (κ3) is 18.7. The van der Waals surface area contributed by atoms with Crippen molar-refractivity contribution < 1.29 is 29.0 Å². The van der Waals surface area contributed by atoms with E-state index in [4.69, 9.17) is 9.47 Å². The second-order valence-corrected chi connectivity index (χ2v) is 19.6. The van der Waals surface area contributed by atoms with Crippen LogP contribution in [0.25, 0.3) is 5.57 Å². The van der Waals surface area contributed by atoms with Gasteiger partial charge in [0.1, 0.15) is 17.3 Å². The van der Waals surface area contributed by atoms with E-state index in [9.17, 15) is 19.5 Å². The highest BCUT2D eigenvalue weighted by Gasteiger charge is 2.36. The van der Waals surface area contributed by atoms with E-state index in [-0.39, 0.29) is 34.5 Å². The van der Waals surface area contributed by atoms with Crippen LogP contribution in [0, 0.1) is 11.8 Å². The van der Waals surface area contributed by atoms with E-state index >= 15 is 0 Å². The number of hydrogen-bond acceptors (Lipinski definition) is 6. The fraction of sp³-hybridized carbons (Fsp3) is 0.516. The predicted octanol–water partition coefficient (Wildman–Crippen LogP) is 16.9. The van der Waals surface area contributed by atoms with Crippen LogP contribution in [0.15, 0.2) is 119 Å². The van der Waals surface area contributed by atoms with Crippen LogP contribution in [-0.2, 0) is 4.79 Å². The molecule has 8 heteroatoms. The van der Waals surface area contributed by atoms with Crippen molar-refractivity contribution in [1.82, 2.24) is 0 Å². The average molecular weight is 953 g/mol. The van der Waals surface area contributed by atoms with Crippen molar-refractivity contribution in [1.29, 1.82) is 0 Å². The number of aliphatic hydroxyl groups is 1. The molecule has 0 aliphatic heterocycles. The van der Waals surface area contributed by atoms with E-state index in [1.807, 2.05) is 24.3 Å². The topological polar surface area (TPSA) is 114 Å². The molecule has 0 radical (unpaired) electrons. The minimum atomic E-state index is -0.373. The normalized spacial score (nSPS) is 14.2. The van der Waals surface area contributed by atoms with Crippen molar-refractivity contribution in [3.05, 3.63) is 131 Å². The van der Waals surface area contributed by atoms with Gasteiger partial charge in [0.05, 0.1) is 30.1 Å². The van der Waals surface area contributed by atoms with Crippen LogP contribution in [0.5, 0.6) is 11.5 Å². The van der Waals surface area contributed by atoms with Crippen molar-refractivity contribution in [3.8, 4) is 11.5 Å². The number of carbonyl (C=O) groups excluding carboxylic acids is 3. The number of allylic oxidation sites excluding steroid dienone is 7. The van der Waals surface area contributed by atoms with E-state index < -0.39 is 0 Å². The summed E-state index contributed by atoms with van der Waals surface area (Å²) in [6, 6.07) is 21.4. The molecule has 3 aromatic rings. The third-order valence-electron chi connectivity index (χ3n) is 13.8. The van der Waals surface area contributed by atoms with Crippen LogP contribution in [0.4, 0.5) is 5.69 Å². The molecule has 0 saturated heterocycles. The summed E-state index contributed by atoms with van der Waals surface area (Å²) in [5.74, 6) is 1.61. The number of nitrogens with one attached hydrogen (secondary N) is 1. The van der Waals surface area contributed by atoms with E-state index in [2.05, 4.69) is 38.0 Å². The SMILES string of the molecule is CCCCCCCCC(CCCCCC)COc1ccc(C(=O)N=C2C=CC(=C3C(=O)C(c4ccc(NC(=O)c5ccc(OCC(CCCCCC)CCCCCCCC)cc5)cc4)=C3O)C=C2)cc1. The molecule has 0 spiro atoms. The van der Waals surface area contributed by atoms with Crippen molar-refractivity contribution in [2.24, 2.45) is 16.8 Å². The van der Waals surface area contributed by atoms with Gasteiger partial charge in [-0.05, 0) is 121 Å². The third-order valence-corrected chi connectivity index (χ3v) is 13.8. The number of hydrogen-bond donors (Lipinski definition) is 2. The molecule has 0 saturated carbocycles. The predicted molar refractivity (Wildman–Crippen MR) is 290 cm³/mol. The maximum absolute atomic E-state index is 13.4. The van der Waals surface area contributed by atoms with Gasteiger partial charge in [0.2, 0.25) is 5.78 Å². The highest BCUT2D eigenvalue weighted by atomic mass is 16.5. The summed E-state index contributed by atoms with van der Waals surface area (Å²) in [5, 5.41) is 14.0. The second-order valence-electron chi connectivity index (χ2n) is 19.6. The summed E-state index contributed by atoms with van der Waals surface area (Å²) in [6.07, 6.45) is 37.2. The summed E-state index contributed by atoms with van der Waals surface area (Å²) in [5.41, 5.74) is 3.51. The molecular formula is C62H84N2O6. The van der Waals surface area contributed by atoms with Crippen LogP contribution in [-0.4, -0.2) is 41.6 Å². The molecule has 8 nitrogen and oxygen atoms in total. The van der Waals surface area contributed by atoms with Crippen LogP contribution in [0.3, 0.4) is 0 Å². The van der Waals surface area contributed by atoms with Crippen molar-refractivity contribution in [3.63, 3.8) is 0 Å². The molecule has 378 valence electrons. The van der Waals surface area contributed by atoms with Crippen molar-refractivity contribution >= 4 is 34.6 Å². The van der Waals surface area contributed by atoms with Gasteiger partial charge in [-0.1, -0.05) is 180 Å². The number of nitrogens with zero attached hydrogens (tertiary/aromatic N) is 1. The fourth-order valence-electron chi connectivity index (χ4n) is 9.34. The quantitative estimate of drug-likeness (QED) is 0.0455. The molecule has 2 aliphatic rings. The summed E-state index contributed by atoms with van der Waals surface area (Å²) in [7, 11) is 0. The average Bonchev–Trinajstić information content (AvgIpc) is 3.38. The first-order valence-corrected chi connectivity index (χ1v) is 27.3. The van der Waals surface area contributed by atoms with Crippen LogP contribution >= 0.6 is 0 Å². The largest absolute Gasteiger partial charge is 0.506 e. The molecule has 2 N–H and O–H groups in total. The van der Waals surface area contributed by atoms with Crippen molar-refractivity contribution in [2.45, 2.75) is 182 Å². The minimum absolute atomic E-state index is 0.0948. The van der Waals surface area contributed by atoms with Gasteiger partial charge in [0.15, 0.2) is 0 Å². The Labute approximate surface area is 421 Å². The molecule has 3 aromatic carbocycles. The molecule has 0 aromatic heterocycles. The number of Topliss-reactive ketones (excluding diaryl/α,β-unsaturated/α-hetero) is 1. The Morgan fingerprint density at radius 3 is 1.37 bits per heavy atom. The van der Waals surface area contributed by atoms with Gasteiger partial charge >= 0.3 is 0 Å². The number of aliphatic imine (C=N–C) groups is 1. The Balaban J connectivity index is 1.09. The second kappa shape index (κ2) is 31.7. The standard InChI is InChI=1S/C62H84N2O6/c1-5-9-13-17-19-23-27-47(25-21-15-11-7-3)45-69-55-41-33-51(34-42-55)61(67)63-53-37-29-49(30-38-53)57-59(65)58(60(57)66)50-31-39-54(40-32-50)64-62(68)52-35-43-56(44-36-52)70-46-48(26-22-16-12-8-4)28-24-20-18-14-10-6-2/h29-44,47-48,65H,5-28,45-46H2,1-4H3,(H,63,67). The molecule has 0 bridgehead atoms. The highest BCUT2D eigenvalue weighted by molar-refractivity contribution is 6.39. The summed E-state index contributed by atoms with van der Waals surface area (Å²) in [4.78, 5) is 44.0. The zero-order valence-corrected chi connectivity index (χ0v) is 43.2. The van der Waals surface area contributed by atoms with Gasteiger partial charge in [-0.15, -0.1) is 0 Å². The van der Waals surface area contributed by atoms with Crippen LogP contribution < -0.4 is 14.8 Å². The van der Waals surface area contributed by atoms with E-state index in [0.717, 1.165) is 11.5 Å². The molecular weight excluding hydrogens is 869 g/mol. The molecule has 2 amide bonds. The maximum Gasteiger partial charge on any atom is 0.277 e. The van der Waals surface area contributed by atoms with E-state index in [1.54, 1.807) is 72.8 Å². The zero-order chi connectivity index (χ0) is 49.8. The Bertz CT molecular complexity index is 2190. The zero-order valence-electron chi connectivity index (χ0n) is 43.2. The smallest absolute Gasteiger partial charge is 0.277 e. The summed E-state index contributed by atoms with van der Waals surface area (Å²) in [6.45, 7) is 10.4. The Morgan fingerprint density at radius 2 is 0.929 bits per heavy atom. The molecule has 2 aliphatic carbocycles. The maximum atomic E-state index is 13.4. The molecule has 70 heavy (non-hydrogen) atoms. The number of amides is 2. The first kappa shape index (κ1) is 55.4. The number of ketones is 1. The molecule has 2 atom stereocenters. The van der Waals surface area contributed by atoms with Gasteiger partial charge in [-0.25, -0.2) is 4.99 Å². The van der Waals surface area contributed by atoms with Gasteiger partial charge in [0.25, 0.3) is 11.8 Å². The lowest BCUT2D eigenvalue weighted by molar-refractivity contribution is -0.111. The Morgan fingerprint density at radius 1 is 0.514 bits per heavy atom. The number of anilines is 1. The number of aliphatic hydroxyl groups excluding tert-OH is 1.